The fraction of sp³-hybridized carbons (Fsp3) is 0.579. The van der Waals surface area contributed by atoms with Gasteiger partial charge in [0.05, 0.1) is 5.25 Å². The Hall–Kier alpha value is -1.89. The summed E-state index contributed by atoms with van der Waals surface area (Å²) in [5.41, 5.74) is 3.60. The van der Waals surface area contributed by atoms with Gasteiger partial charge >= 0.3 is 0 Å². The Morgan fingerprint density at radius 1 is 1.15 bits per heavy atom. The normalized spacial score (nSPS) is 15.7. The Morgan fingerprint density at radius 2 is 1.81 bits per heavy atom. The number of nitrogens with zero attached hydrogens (tertiary/aromatic N) is 1. The minimum Gasteiger partial charge on any atom is -0.358 e. The van der Waals surface area contributed by atoms with Crippen molar-refractivity contribution in [2.24, 2.45) is 0 Å². The van der Waals surface area contributed by atoms with Crippen molar-refractivity contribution in [3.8, 4) is 0 Å². The van der Waals surface area contributed by atoms with Crippen LogP contribution in [-0.2, 0) is 25.8 Å². The average molecular weight is 381 g/mol. The third-order valence-corrected chi connectivity index (χ3v) is 7.26. The number of hydrogen-bond acceptors (Lipinski definition) is 4. The standard InChI is InChI=1S/C19H28N2O4S/c1-14-4-5-16(12-15(14)2)6-7-19(23)21-10-8-17(9-11-21)26(24,25)13-18(22)20-3/h4-5,12,17H,6-11,13H2,1-3H3,(H,20,22). The van der Waals surface area contributed by atoms with Crippen LogP contribution < -0.4 is 5.32 Å². The van der Waals surface area contributed by atoms with Crippen LogP contribution in [0.15, 0.2) is 18.2 Å². The molecule has 0 bridgehead atoms. The molecule has 1 heterocycles. The summed E-state index contributed by atoms with van der Waals surface area (Å²) in [6.45, 7) is 4.99. The number of nitrogens with one attached hydrogen (secondary N) is 1. The van der Waals surface area contributed by atoms with Gasteiger partial charge < -0.3 is 10.2 Å². The van der Waals surface area contributed by atoms with Crippen LogP contribution in [0.25, 0.3) is 0 Å². The number of amides is 2. The topological polar surface area (TPSA) is 83.6 Å². The highest BCUT2D eigenvalue weighted by molar-refractivity contribution is 7.92. The zero-order valence-electron chi connectivity index (χ0n) is 15.7. The van der Waals surface area contributed by atoms with Gasteiger partial charge in [-0.3, -0.25) is 9.59 Å². The minimum atomic E-state index is -3.46. The van der Waals surface area contributed by atoms with Crippen molar-refractivity contribution in [3.63, 3.8) is 0 Å². The average Bonchev–Trinajstić information content (AvgIpc) is 2.62. The van der Waals surface area contributed by atoms with Gasteiger partial charge in [-0.15, -0.1) is 0 Å². The Kier molecular flexibility index (Phi) is 6.81. The highest BCUT2D eigenvalue weighted by Crippen LogP contribution is 2.20. The molecule has 1 aromatic carbocycles. The number of likely N-dealkylation sites (tertiary alicyclic amines) is 1. The van der Waals surface area contributed by atoms with Gasteiger partial charge in [-0.2, -0.15) is 0 Å². The second-order valence-electron chi connectivity index (χ2n) is 6.98. The van der Waals surface area contributed by atoms with Gasteiger partial charge in [0.25, 0.3) is 0 Å². The van der Waals surface area contributed by atoms with Gasteiger partial charge in [-0.25, -0.2) is 8.42 Å². The summed E-state index contributed by atoms with van der Waals surface area (Å²) in [7, 11) is -2.03. The number of sulfone groups is 1. The molecule has 1 fully saturated rings. The summed E-state index contributed by atoms with van der Waals surface area (Å²) < 4.78 is 24.5. The molecule has 0 radical (unpaired) electrons. The molecule has 1 saturated heterocycles. The number of carbonyl (C=O) groups is 2. The lowest BCUT2D eigenvalue weighted by Crippen LogP contribution is -2.44. The van der Waals surface area contributed by atoms with Gasteiger partial charge in [0.1, 0.15) is 5.75 Å². The van der Waals surface area contributed by atoms with Crippen LogP contribution in [0, 0.1) is 13.8 Å². The van der Waals surface area contributed by atoms with Crippen molar-refractivity contribution in [2.75, 3.05) is 25.9 Å². The molecule has 2 amide bonds. The van der Waals surface area contributed by atoms with Crippen molar-refractivity contribution < 1.29 is 18.0 Å². The lowest BCUT2D eigenvalue weighted by atomic mass is 10.0. The quantitative estimate of drug-likeness (QED) is 0.808. The van der Waals surface area contributed by atoms with Crippen LogP contribution in [-0.4, -0.2) is 56.3 Å². The Bertz CT molecular complexity index is 766. The van der Waals surface area contributed by atoms with Crippen molar-refractivity contribution in [3.05, 3.63) is 34.9 Å². The highest BCUT2D eigenvalue weighted by Gasteiger charge is 2.32. The number of carbonyl (C=O) groups excluding carboxylic acids is 2. The number of piperidine rings is 1. The van der Waals surface area contributed by atoms with Crippen molar-refractivity contribution >= 4 is 21.7 Å². The van der Waals surface area contributed by atoms with E-state index < -0.39 is 26.7 Å². The fourth-order valence-corrected chi connectivity index (χ4v) is 4.88. The summed E-state index contributed by atoms with van der Waals surface area (Å²) in [5, 5.41) is 1.81. The molecule has 2 rings (SSSR count). The molecule has 1 aromatic rings. The molecule has 6 nitrogen and oxygen atoms in total. The van der Waals surface area contributed by atoms with Crippen molar-refractivity contribution in [1.82, 2.24) is 10.2 Å². The van der Waals surface area contributed by atoms with E-state index in [1.807, 2.05) is 6.07 Å². The van der Waals surface area contributed by atoms with Crippen LogP contribution >= 0.6 is 0 Å². The lowest BCUT2D eigenvalue weighted by molar-refractivity contribution is -0.132. The maximum Gasteiger partial charge on any atom is 0.234 e. The third kappa shape index (κ3) is 5.30. The Balaban J connectivity index is 1.84. The van der Waals surface area contributed by atoms with E-state index in [1.165, 1.54) is 18.2 Å². The Morgan fingerprint density at radius 3 is 2.38 bits per heavy atom. The first-order valence-electron chi connectivity index (χ1n) is 8.99. The Labute approximate surface area is 155 Å². The summed E-state index contributed by atoms with van der Waals surface area (Å²) in [5.74, 6) is -0.906. The van der Waals surface area contributed by atoms with Crippen LogP contribution in [0.5, 0.6) is 0 Å². The summed E-state index contributed by atoms with van der Waals surface area (Å²) in [6.07, 6.45) is 1.91. The molecule has 0 aromatic heterocycles. The fourth-order valence-electron chi connectivity index (χ4n) is 3.21. The first-order chi connectivity index (χ1) is 12.2. The summed E-state index contributed by atoms with van der Waals surface area (Å²) in [6, 6.07) is 6.23. The van der Waals surface area contributed by atoms with Crippen LogP contribution in [0.4, 0.5) is 0 Å². The van der Waals surface area contributed by atoms with Crippen LogP contribution in [0.1, 0.15) is 36.0 Å². The van der Waals surface area contributed by atoms with Gasteiger partial charge in [-0.1, -0.05) is 18.2 Å². The largest absolute Gasteiger partial charge is 0.358 e. The van der Waals surface area contributed by atoms with E-state index >= 15 is 0 Å². The zero-order valence-corrected chi connectivity index (χ0v) is 16.6. The van der Waals surface area contributed by atoms with E-state index in [2.05, 4.69) is 31.3 Å². The van der Waals surface area contributed by atoms with Crippen molar-refractivity contribution in [2.45, 2.75) is 44.8 Å². The molecule has 0 spiro atoms. The second kappa shape index (κ2) is 8.66. The predicted molar refractivity (Wildman–Crippen MR) is 102 cm³/mol. The number of aryl methyl sites for hydroxylation is 3. The van der Waals surface area contributed by atoms with Crippen LogP contribution in [0.3, 0.4) is 0 Å². The molecule has 0 atom stereocenters. The molecule has 1 N–H and O–H groups in total. The molecule has 144 valence electrons. The number of hydrogen-bond donors (Lipinski definition) is 1. The monoisotopic (exact) mass is 380 g/mol. The number of rotatable bonds is 6. The highest BCUT2D eigenvalue weighted by atomic mass is 32.2. The third-order valence-electron chi connectivity index (χ3n) is 5.11. The summed E-state index contributed by atoms with van der Waals surface area (Å²) >= 11 is 0. The van der Waals surface area contributed by atoms with E-state index in [-0.39, 0.29) is 5.91 Å². The molecule has 1 aliphatic heterocycles. The molecule has 0 unspecified atom stereocenters. The maximum absolute atomic E-state index is 12.4. The summed E-state index contributed by atoms with van der Waals surface area (Å²) in [4.78, 5) is 25.5. The van der Waals surface area contributed by atoms with Crippen molar-refractivity contribution in [1.29, 1.82) is 0 Å². The van der Waals surface area contributed by atoms with Gasteiger partial charge in [0.2, 0.25) is 11.8 Å². The first kappa shape index (κ1) is 20.4. The first-order valence-corrected chi connectivity index (χ1v) is 10.7. The smallest absolute Gasteiger partial charge is 0.234 e. The molecule has 1 aliphatic rings. The van der Waals surface area contributed by atoms with E-state index in [4.69, 9.17) is 0 Å². The molecular weight excluding hydrogens is 352 g/mol. The zero-order chi connectivity index (χ0) is 19.3. The van der Waals surface area contributed by atoms with Crippen LogP contribution in [0.2, 0.25) is 0 Å². The molecule has 26 heavy (non-hydrogen) atoms. The lowest BCUT2D eigenvalue weighted by Gasteiger charge is -2.31. The molecular formula is C19H28N2O4S. The van der Waals surface area contributed by atoms with Gasteiger partial charge in [-0.05, 0) is 49.8 Å². The van der Waals surface area contributed by atoms with E-state index in [9.17, 15) is 18.0 Å². The van der Waals surface area contributed by atoms with E-state index in [0.717, 1.165) is 5.56 Å². The SMILES string of the molecule is CNC(=O)CS(=O)(=O)C1CCN(C(=O)CCc2ccc(C)c(C)c2)CC1. The van der Waals surface area contributed by atoms with Gasteiger partial charge in [0, 0.05) is 26.6 Å². The molecule has 0 saturated carbocycles. The molecule has 7 heteroatoms. The molecule has 0 aliphatic carbocycles. The van der Waals surface area contributed by atoms with E-state index in [0.29, 0.717) is 38.8 Å². The predicted octanol–water partition coefficient (Wildman–Crippen LogP) is 1.39. The van der Waals surface area contributed by atoms with E-state index in [1.54, 1.807) is 4.90 Å². The minimum absolute atomic E-state index is 0.0605. The second-order valence-corrected chi connectivity index (χ2v) is 9.26. The van der Waals surface area contributed by atoms with Gasteiger partial charge in [0.15, 0.2) is 9.84 Å². The maximum atomic E-state index is 12.4. The number of benzene rings is 1.